The molecule has 0 aliphatic rings. The van der Waals surface area contributed by atoms with E-state index >= 15 is 0 Å². The van der Waals surface area contributed by atoms with Crippen LogP contribution in [0.3, 0.4) is 0 Å². The van der Waals surface area contributed by atoms with Crippen LogP contribution >= 0.6 is 11.6 Å². The number of fused-ring (bicyclic) bond motifs is 1. The summed E-state index contributed by atoms with van der Waals surface area (Å²) in [6.45, 7) is 1.69. The molecule has 1 unspecified atom stereocenters. The lowest BCUT2D eigenvalue weighted by Gasteiger charge is -2.15. The Bertz CT molecular complexity index is 846. The van der Waals surface area contributed by atoms with Crippen molar-refractivity contribution in [3.8, 4) is 5.75 Å². The van der Waals surface area contributed by atoms with Crippen LogP contribution in [-0.2, 0) is 4.79 Å². The van der Waals surface area contributed by atoms with Gasteiger partial charge in [0.1, 0.15) is 5.75 Å². The van der Waals surface area contributed by atoms with E-state index in [0.717, 1.165) is 10.9 Å². The van der Waals surface area contributed by atoms with Crippen molar-refractivity contribution in [3.63, 3.8) is 0 Å². The highest BCUT2D eigenvalue weighted by Gasteiger charge is 2.16. The van der Waals surface area contributed by atoms with Crippen molar-refractivity contribution >= 4 is 34.1 Å². The number of rotatable bonds is 4. The fourth-order valence-electron chi connectivity index (χ4n) is 2.24. The maximum Gasteiger partial charge on any atom is 0.265 e. The molecular weight excluding hydrogens is 312 g/mol. The fourth-order valence-corrected chi connectivity index (χ4v) is 2.42. The first-order valence-corrected chi connectivity index (χ1v) is 7.58. The molecule has 0 radical (unpaired) electrons. The van der Waals surface area contributed by atoms with Gasteiger partial charge in [0.2, 0.25) is 0 Å². The molecule has 2 aromatic carbocycles. The van der Waals surface area contributed by atoms with Gasteiger partial charge in [-0.3, -0.25) is 9.78 Å². The number of nitrogens with zero attached hydrogens (tertiary/aromatic N) is 1. The van der Waals surface area contributed by atoms with Crippen LogP contribution in [-0.4, -0.2) is 17.0 Å². The van der Waals surface area contributed by atoms with E-state index in [-0.39, 0.29) is 5.91 Å². The summed E-state index contributed by atoms with van der Waals surface area (Å²) in [4.78, 5) is 16.6. The van der Waals surface area contributed by atoms with Gasteiger partial charge in [-0.1, -0.05) is 23.7 Å². The maximum atomic E-state index is 12.4. The van der Waals surface area contributed by atoms with Crippen LogP contribution in [0, 0.1) is 0 Å². The first-order valence-electron chi connectivity index (χ1n) is 7.20. The standard InChI is InChI=1S/C18H15ClN2O2/c1-12(23-14-6-2-5-13(19)11-14)18(22)21-17-9-3-8-16-15(17)7-4-10-20-16/h2-12H,1H3,(H,21,22). The van der Waals surface area contributed by atoms with Crippen molar-refractivity contribution in [2.24, 2.45) is 0 Å². The number of aromatic nitrogens is 1. The van der Waals surface area contributed by atoms with Gasteiger partial charge in [-0.05, 0) is 49.4 Å². The summed E-state index contributed by atoms with van der Waals surface area (Å²) in [5, 5.41) is 4.33. The second-order valence-electron chi connectivity index (χ2n) is 5.08. The van der Waals surface area contributed by atoms with Crippen molar-refractivity contribution in [3.05, 3.63) is 65.8 Å². The van der Waals surface area contributed by atoms with E-state index in [1.165, 1.54) is 0 Å². The number of nitrogens with one attached hydrogen (secondary N) is 1. The number of anilines is 1. The third-order valence-corrected chi connectivity index (χ3v) is 3.62. The van der Waals surface area contributed by atoms with E-state index in [4.69, 9.17) is 16.3 Å². The molecule has 0 aliphatic carbocycles. The third kappa shape index (κ3) is 3.60. The van der Waals surface area contributed by atoms with Crippen molar-refractivity contribution in [1.29, 1.82) is 0 Å². The lowest BCUT2D eigenvalue weighted by Crippen LogP contribution is -2.30. The molecule has 0 bridgehead atoms. The molecule has 0 aliphatic heterocycles. The van der Waals surface area contributed by atoms with Crippen LogP contribution in [0.5, 0.6) is 5.75 Å². The number of ether oxygens (including phenoxy) is 1. The minimum Gasteiger partial charge on any atom is -0.481 e. The summed E-state index contributed by atoms with van der Waals surface area (Å²) in [7, 11) is 0. The molecule has 23 heavy (non-hydrogen) atoms. The number of hydrogen-bond acceptors (Lipinski definition) is 3. The van der Waals surface area contributed by atoms with Crippen molar-refractivity contribution in [1.82, 2.24) is 4.98 Å². The Morgan fingerprint density at radius 3 is 2.83 bits per heavy atom. The number of amides is 1. The van der Waals surface area contributed by atoms with Crippen molar-refractivity contribution in [2.75, 3.05) is 5.32 Å². The lowest BCUT2D eigenvalue weighted by molar-refractivity contribution is -0.122. The van der Waals surface area contributed by atoms with Crippen LogP contribution in [0.1, 0.15) is 6.92 Å². The zero-order chi connectivity index (χ0) is 16.2. The summed E-state index contributed by atoms with van der Waals surface area (Å²) < 4.78 is 5.63. The van der Waals surface area contributed by atoms with Crippen LogP contribution in [0.2, 0.25) is 5.02 Å². The zero-order valence-electron chi connectivity index (χ0n) is 12.5. The van der Waals surface area contributed by atoms with Gasteiger partial charge >= 0.3 is 0 Å². The average Bonchev–Trinajstić information content (AvgIpc) is 2.55. The monoisotopic (exact) mass is 326 g/mol. The van der Waals surface area contributed by atoms with Gasteiger partial charge in [0.15, 0.2) is 6.10 Å². The van der Waals surface area contributed by atoms with Gasteiger partial charge in [-0.25, -0.2) is 0 Å². The van der Waals surface area contributed by atoms with E-state index in [1.807, 2.05) is 30.3 Å². The predicted octanol–water partition coefficient (Wildman–Crippen LogP) is 4.29. The van der Waals surface area contributed by atoms with Crippen LogP contribution in [0.15, 0.2) is 60.8 Å². The number of hydrogen-bond donors (Lipinski definition) is 1. The smallest absolute Gasteiger partial charge is 0.265 e. The first kappa shape index (κ1) is 15.3. The molecular formula is C18H15ClN2O2. The molecule has 1 N–H and O–H groups in total. The van der Waals surface area contributed by atoms with E-state index in [0.29, 0.717) is 16.5 Å². The summed E-state index contributed by atoms with van der Waals surface area (Å²) in [6, 6.07) is 16.3. The molecule has 0 saturated carbocycles. The Kier molecular flexibility index (Phi) is 4.44. The van der Waals surface area contributed by atoms with Crippen LogP contribution in [0.4, 0.5) is 5.69 Å². The van der Waals surface area contributed by atoms with Gasteiger partial charge < -0.3 is 10.1 Å². The highest BCUT2D eigenvalue weighted by molar-refractivity contribution is 6.30. The molecule has 1 amide bonds. The van der Waals surface area contributed by atoms with Crippen LogP contribution in [0.25, 0.3) is 10.9 Å². The molecule has 0 spiro atoms. The quantitative estimate of drug-likeness (QED) is 0.778. The van der Waals surface area contributed by atoms with Gasteiger partial charge in [0.05, 0.1) is 11.2 Å². The number of pyridine rings is 1. The van der Waals surface area contributed by atoms with E-state index in [2.05, 4.69) is 10.3 Å². The number of carbonyl (C=O) groups is 1. The molecule has 0 saturated heterocycles. The Morgan fingerprint density at radius 2 is 2.00 bits per heavy atom. The van der Waals surface area contributed by atoms with Crippen molar-refractivity contribution < 1.29 is 9.53 Å². The Balaban J connectivity index is 1.75. The second kappa shape index (κ2) is 6.67. The molecule has 1 atom stereocenters. The highest BCUT2D eigenvalue weighted by atomic mass is 35.5. The lowest BCUT2D eigenvalue weighted by atomic mass is 10.2. The Morgan fingerprint density at radius 1 is 1.17 bits per heavy atom. The van der Waals surface area contributed by atoms with Gasteiger partial charge in [-0.2, -0.15) is 0 Å². The largest absolute Gasteiger partial charge is 0.481 e. The van der Waals surface area contributed by atoms with Crippen LogP contribution < -0.4 is 10.1 Å². The first-order chi connectivity index (χ1) is 11.1. The molecule has 4 nitrogen and oxygen atoms in total. The van der Waals surface area contributed by atoms with E-state index in [9.17, 15) is 4.79 Å². The van der Waals surface area contributed by atoms with Crippen molar-refractivity contribution in [2.45, 2.75) is 13.0 Å². The van der Waals surface area contributed by atoms with E-state index < -0.39 is 6.10 Å². The average molecular weight is 327 g/mol. The minimum atomic E-state index is -0.652. The Labute approximate surface area is 139 Å². The number of halogens is 1. The van der Waals surface area contributed by atoms with Gasteiger partial charge in [-0.15, -0.1) is 0 Å². The second-order valence-corrected chi connectivity index (χ2v) is 5.52. The molecule has 3 rings (SSSR count). The predicted molar refractivity (Wildman–Crippen MR) is 91.9 cm³/mol. The molecule has 1 aromatic heterocycles. The molecule has 5 heteroatoms. The van der Waals surface area contributed by atoms with E-state index in [1.54, 1.807) is 37.4 Å². The summed E-state index contributed by atoms with van der Waals surface area (Å²) in [6.07, 6.45) is 1.07. The maximum absolute atomic E-state index is 12.4. The topological polar surface area (TPSA) is 51.2 Å². The summed E-state index contributed by atoms with van der Waals surface area (Å²) in [5.74, 6) is 0.320. The molecule has 0 fully saturated rings. The summed E-state index contributed by atoms with van der Waals surface area (Å²) >= 11 is 5.92. The number of benzene rings is 2. The van der Waals surface area contributed by atoms with Gasteiger partial charge in [0, 0.05) is 16.6 Å². The minimum absolute atomic E-state index is 0.235. The van der Waals surface area contributed by atoms with Gasteiger partial charge in [0.25, 0.3) is 5.91 Å². The molecule has 116 valence electrons. The highest BCUT2D eigenvalue weighted by Crippen LogP contribution is 2.22. The number of carbonyl (C=O) groups excluding carboxylic acids is 1. The fraction of sp³-hybridized carbons (Fsp3) is 0.111. The summed E-state index contributed by atoms with van der Waals surface area (Å²) in [5.41, 5.74) is 1.54. The molecule has 3 aromatic rings. The Hall–Kier alpha value is -2.59. The zero-order valence-corrected chi connectivity index (χ0v) is 13.2. The molecule has 1 heterocycles. The third-order valence-electron chi connectivity index (χ3n) is 3.38. The normalized spacial score (nSPS) is 11.9. The SMILES string of the molecule is CC(Oc1cccc(Cl)c1)C(=O)Nc1cccc2ncccc12.